The van der Waals surface area contributed by atoms with Gasteiger partial charge in [-0.05, 0) is 41.5 Å². The highest BCUT2D eigenvalue weighted by molar-refractivity contribution is 9.10. The summed E-state index contributed by atoms with van der Waals surface area (Å²) in [5.41, 5.74) is 2.60. The minimum Gasteiger partial charge on any atom is -0.480 e. The molecule has 0 saturated carbocycles. The van der Waals surface area contributed by atoms with Crippen molar-refractivity contribution >= 4 is 51.0 Å². The van der Waals surface area contributed by atoms with Gasteiger partial charge in [0.25, 0.3) is 5.91 Å². The zero-order valence-electron chi connectivity index (χ0n) is 19.0. The summed E-state index contributed by atoms with van der Waals surface area (Å²) in [5, 5.41) is 10.7. The van der Waals surface area contributed by atoms with Crippen molar-refractivity contribution in [3.05, 3.63) is 122 Å². The second kappa shape index (κ2) is 11.7. The van der Waals surface area contributed by atoms with Crippen LogP contribution < -0.4 is 0 Å². The molecule has 0 aliphatic heterocycles. The minimum atomic E-state index is -1.18. The number of rotatable bonds is 9. The maximum atomic E-state index is 13.6. The number of benzene rings is 3. The molecule has 1 unspecified atom stereocenters. The highest BCUT2D eigenvalue weighted by atomic mass is 79.9. The van der Waals surface area contributed by atoms with Crippen LogP contribution in [0.1, 0.15) is 27.2 Å². The minimum absolute atomic E-state index is 0.0298. The van der Waals surface area contributed by atoms with Crippen molar-refractivity contribution in [3.8, 4) is 0 Å². The van der Waals surface area contributed by atoms with Crippen LogP contribution in [0.2, 0.25) is 10.0 Å². The zero-order valence-corrected chi connectivity index (χ0v) is 22.1. The highest BCUT2D eigenvalue weighted by Gasteiger charge is 2.32. The number of carboxylic acid groups (broad SMARTS) is 1. The summed E-state index contributed by atoms with van der Waals surface area (Å²) >= 11 is 15.8. The number of aromatic nitrogens is 2. The summed E-state index contributed by atoms with van der Waals surface area (Å²) in [5.74, 6) is -1.64. The van der Waals surface area contributed by atoms with E-state index in [4.69, 9.17) is 23.2 Å². The lowest BCUT2D eigenvalue weighted by molar-refractivity contribution is -0.142. The van der Waals surface area contributed by atoms with E-state index in [9.17, 15) is 14.7 Å². The van der Waals surface area contributed by atoms with Gasteiger partial charge in [-0.2, -0.15) is 0 Å². The van der Waals surface area contributed by atoms with Crippen LogP contribution in [-0.4, -0.2) is 37.5 Å². The first-order valence-electron chi connectivity index (χ1n) is 11.1. The molecule has 4 aromatic rings. The van der Waals surface area contributed by atoms with Gasteiger partial charge < -0.3 is 14.6 Å². The molecule has 184 valence electrons. The second-order valence-corrected chi connectivity index (χ2v) is 10.0. The Hall–Kier alpha value is -3.13. The Morgan fingerprint density at radius 3 is 2.44 bits per heavy atom. The molecule has 0 spiro atoms. The summed E-state index contributed by atoms with van der Waals surface area (Å²) in [6.07, 6.45) is 3.50. The molecule has 0 radical (unpaired) electrons. The highest BCUT2D eigenvalue weighted by Crippen LogP contribution is 2.25. The van der Waals surface area contributed by atoms with Gasteiger partial charge in [-0.25, -0.2) is 9.78 Å². The van der Waals surface area contributed by atoms with E-state index < -0.39 is 17.9 Å². The van der Waals surface area contributed by atoms with Crippen LogP contribution in [-0.2, 0) is 24.3 Å². The van der Waals surface area contributed by atoms with Gasteiger partial charge in [0, 0.05) is 35.2 Å². The third-order valence-corrected chi connectivity index (χ3v) is 6.66. The topological polar surface area (TPSA) is 75.4 Å². The zero-order chi connectivity index (χ0) is 25.7. The van der Waals surface area contributed by atoms with Crippen LogP contribution in [0.25, 0.3) is 0 Å². The van der Waals surface area contributed by atoms with E-state index in [1.807, 2.05) is 59.2 Å². The molecule has 1 aromatic heterocycles. The number of imidazole rings is 1. The first kappa shape index (κ1) is 25.9. The lowest BCUT2D eigenvalue weighted by Gasteiger charge is -2.29. The van der Waals surface area contributed by atoms with Crippen LogP contribution >= 0.6 is 39.1 Å². The Morgan fingerprint density at radius 2 is 1.75 bits per heavy atom. The summed E-state index contributed by atoms with van der Waals surface area (Å²) in [6, 6.07) is 20.6. The van der Waals surface area contributed by atoms with Gasteiger partial charge in [0.05, 0.1) is 22.6 Å². The van der Waals surface area contributed by atoms with Gasteiger partial charge in [-0.15, -0.1) is 0 Å². The monoisotopic (exact) mass is 585 g/mol. The summed E-state index contributed by atoms with van der Waals surface area (Å²) < 4.78 is 2.71. The number of aliphatic carboxylic acids is 1. The van der Waals surface area contributed by atoms with Crippen LogP contribution in [0.15, 0.2) is 89.8 Å². The average molecular weight is 587 g/mol. The van der Waals surface area contributed by atoms with Crippen LogP contribution in [0, 0.1) is 0 Å². The normalized spacial score (nSPS) is 11.8. The molecule has 1 heterocycles. The molecule has 6 nitrogen and oxygen atoms in total. The van der Waals surface area contributed by atoms with Crippen LogP contribution in [0.4, 0.5) is 0 Å². The van der Waals surface area contributed by atoms with Crippen LogP contribution in [0.3, 0.4) is 0 Å². The predicted octanol–water partition coefficient (Wildman–Crippen LogP) is 6.34. The molecule has 0 aliphatic rings. The lowest BCUT2D eigenvalue weighted by Crippen LogP contribution is -2.46. The Labute approximate surface area is 227 Å². The molecule has 1 atom stereocenters. The van der Waals surface area contributed by atoms with E-state index in [0.29, 0.717) is 17.3 Å². The molecule has 0 saturated heterocycles. The third kappa shape index (κ3) is 6.55. The van der Waals surface area contributed by atoms with Gasteiger partial charge in [0.1, 0.15) is 6.04 Å². The van der Waals surface area contributed by atoms with E-state index in [-0.39, 0.29) is 23.6 Å². The quantitative estimate of drug-likeness (QED) is 0.248. The van der Waals surface area contributed by atoms with Crippen molar-refractivity contribution in [3.63, 3.8) is 0 Å². The molecular formula is C27H22BrCl2N3O3. The first-order chi connectivity index (χ1) is 17.3. The SMILES string of the molecule is O=C(O)C(Cc1cn(Cc2ccccc2)cn1)N(Cc1cccc(Br)c1)C(=O)c1ccc(Cl)cc1Cl. The Balaban J connectivity index is 1.64. The van der Waals surface area contributed by atoms with Gasteiger partial charge in [-0.1, -0.05) is 81.6 Å². The average Bonchev–Trinajstić information content (AvgIpc) is 3.28. The first-order valence-corrected chi connectivity index (χ1v) is 12.6. The molecule has 4 rings (SSSR count). The number of carboxylic acids is 1. The summed E-state index contributed by atoms with van der Waals surface area (Å²) in [4.78, 5) is 31.9. The predicted molar refractivity (Wildman–Crippen MR) is 143 cm³/mol. The molecule has 3 aromatic carbocycles. The Bertz CT molecular complexity index is 1380. The number of amides is 1. The van der Waals surface area contributed by atoms with Gasteiger partial charge in [-0.3, -0.25) is 4.79 Å². The maximum Gasteiger partial charge on any atom is 0.326 e. The number of hydrogen-bond donors (Lipinski definition) is 1. The molecule has 36 heavy (non-hydrogen) atoms. The van der Waals surface area contributed by atoms with Crippen molar-refractivity contribution < 1.29 is 14.7 Å². The number of carbonyl (C=O) groups is 2. The van der Waals surface area contributed by atoms with Crippen molar-refractivity contribution in [1.82, 2.24) is 14.5 Å². The van der Waals surface area contributed by atoms with E-state index in [1.165, 1.54) is 17.0 Å². The van der Waals surface area contributed by atoms with E-state index in [0.717, 1.165) is 15.6 Å². The Kier molecular flexibility index (Phi) is 8.46. The van der Waals surface area contributed by atoms with E-state index >= 15 is 0 Å². The van der Waals surface area contributed by atoms with Gasteiger partial charge in [0.2, 0.25) is 0 Å². The van der Waals surface area contributed by atoms with Crippen molar-refractivity contribution in [1.29, 1.82) is 0 Å². The number of nitrogens with zero attached hydrogens (tertiary/aromatic N) is 3. The maximum absolute atomic E-state index is 13.6. The largest absolute Gasteiger partial charge is 0.480 e. The molecule has 1 amide bonds. The number of halogens is 3. The summed E-state index contributed by atoms with van der Waals surface area (Å²) in [7, 11) is 0. The van der Waals surface area contributed by atoms with E-state index in [1.54, 1.807) is 18.6 Å². The van der Waals surface area contributed by atoms with Crippen molar-refractivity contribution in [2.75, 3.05) is 0 Å². The fourth-order valence-corrected chi connectivity index (χ4v) is 4.83. The molecule has 1 N–H and O–H groups in total. The van der Waals surface area contributed by atoms with Gasteiger partial charge >= 0.3 is 5.97 Å². The molecule has 0 bridgehead atoms. The smallest absolute Gasteiger partial charge is 0.326 e. The molecule has 0 aliphatic carbocycles. The lowest BCUT2D eigenvalue weighted by atomic mass is 10.1. The van der Waals surface area contributed by atoms with Crippen molar-refractivity contribution in [2.24, 2.45) is 0 Å². The summed E-state index contributed by atoms with van der Waals surface area (Å²) in [6.45, 7) is 0.672. The van der Waals surface area contributed by atoms with E-state index in [2.05, 4.69) is 20.9 Å². The third-order valence-electron chi connectivity index (χ3n) is 5.62. The number of hydrogen-bond acceptors (Lipinski definition) is 3. The van der Waals surface area contributed by atoms with Crippen LogP contribution in [0.5, 0.6) is 0 Å². The van der Waals surface area contributed by atoms with Gasteiger partial charge in [0.15, 0.2) is 0 Å². The molecular weight excluding hydrogens is 565 g/mol. The standard InChI is InChI=1S/C27H22BrCl2N3O3/c28-20-8-4-7-19(11-20)15-33(26(34)23-10-9-21(29)12-24(23)30)25(27(35)36)13-22-16-32(17-31-22)14-18-5-2-1-3-6-18/h1-12,16-17,25H,13-15H2,(H,35,36). The second-order valence-electron chi connectivity index (χ2n) is 8.27. The van der Waals surface area contributed by atoms with Crippen molar-refractivity contribution in [2.45, 2.75) is 25.6 Å². The molecule has 9 heteroatoms. The number of carbonyl (C=O) groups excluding carboxylic acids is 1. The molecule has 0 fully saturated rings. The Morgan fingerprint density at radius 1 is 1.00 bits per heavy atom. The fraction of sp³-hybridized carbons (Fsp3) is 0.148. The fourth-order valence-electron chi connectivity index (χ4n) is 3.89.